The van der Waals surface area contributed by atoms with Gasteiger partial charge in [0, 0.05) is 36.6 Å². The van der Waals surface area contributed by atoms with E-state index in [4.69, 9.17) is 9.72 Å². The zero-order valence-corrected chi connectivity index (χ0v) is 20.1. The number of aromatic nitrogens is 3. The molecule has 36 heavy (non-hydrogen) atoms. The van der Waals surface area contributed by atoms with Gasteiger partial charge >= 0.3 is 0 Å². The largest absolute Gasteiger partial charge is 0.483 e. The van der Waals surface area contributed by atoms with Gasteiger partial charge in [-0.05, 0) is 23.6 Å². The standard InChI is InChI=1S/C31H27N3O2/c1-22-19-32-31-29-30(36-21-23-11-5-2-6-12-23)27(35)17-18-33(29)26(20-34(22)31)28(24-13-7-3-8-14-24)25-15-9-4-10-16-25/h2-19,26,28H,20-21H2,1H3/t26-/m1/s1. The Hall–Kier alpha value is -4.38. The van der Waals surface area contributed by atoms with Crippen LogP contribution in [0.1, 0.15) is 34.3 Å². The topological polar surface area (TPSA) is 49.0 Å². The molecule has 6 rings (SSSR count). The lowest BCUT2D eigenvalue weighted by Crippen LogP contribution is -2.31. The van der Waals surface area contributed by atoms with Gasteiger partial charge in [-0.1, -0.05) is 91.0 Å². The van der Waals surface area contributed by atoms with Crippen molar-refractivity contribution in [2.45, 2.75) is 32.0 Å². The first-order valence-electron chi connectivity index (χ1n) is 12.2. The van der Waals surface area contributed by atoms with E-state index in [9.17, 15) is 4.79 Å². The lowest BCUT2D eigenvalue weighted by atomic mass is 9.83. The number of hydrogen-bond donors (Lipinski definition) is 0. The van der Waals surface area contributed by atoms with Crippen LogP contribution >= 0.6 is 0 Å². The SMILES string of the molecule is Cc1cnc2n1C[C@H](C(c1ccccc1)c1ccccc1)n1ccc(=O)c(OCc3ccccc3)c1-2. The molecular formula is C31H27N3O2. The molecule has 0 aliphatic carbocycles. The molecule has 0 saturated heterocycles. The Morgan fingerprint density at radius 2 is 1.50 bits per heavy atom. The number of pyridine rings is 1. The predicted octanol–water partition coefficient (Wildman–Crippen LogP) is 5.99. The minimum atomic E-state index is -0.138. The first-order valence-corrected chi connectivity index (χ1v) is 12.2. The zero-order chi connectivity index (χ0) is 24.5. The van der Waals surface area contributed by atoms with Gasteiger partial charge in [0.2, 0.25) is 5.43 Å². The highest BCUT2D eigenvalue weighted by Crippen LogP contribution is 2.43. The molecule has 1 atom stereocenters. The number of nitrogens with zero attached hydrogens (tertiary/aromatic N) is 3. The average Bonchev–Trinajstić information content (AvgIpc) is 3.30. The minimum Gasteiger partial charge on any atom is -0.483 e. The summed E-state index contributed by atoms with van der Waals surface area (Å²) in [5, 5.41) is 0. The van der Waals surface area contributed by atoms with Crippen molar-refractivity contribution in [3.8, 4) is 17.3 Å². The molecule has 0 amide bonds. The van der Waals surface area contributed by atoms with Crippen molar-refractivity contribution in [1.29, 1.82) is 0 Å². The van der Waals surface area contributed by atoms with Crippen LogP contribution in [-0.2, 0) is 13.2 Å². The summed E-state index contributed by atoms with van der Waals surface area (Å²) >= 11 is 0. The van der Waals surface area contributed by atoms with E-state index in [0.29, 0.717) is 12.4 Å². The van der Waals surface area contributed by atoms with Crippen molar-refractivity contribution in [3.63, 3.8) is 0 Å². The molecule has 5 aromatic rings. The molecule has 0 spiro atoms. The van der Waals surface area contributed by atoms with E-state index in [-0.39, 0.29) is 17.4 Å². The van der Waals surface area contributed by atoms with Gasteiger partial charge in [0.1, 0.15) is 12.3 Å². The normalized spacial score (nSPS) is 14.3. The number of aryl methyl sites for hydroxylation is 1. The van der Waals surface area contributed by atoms with Crippen LogP contribution in [-0.4, -0.2) is 14.1 Å². The zero-order valence-electron chi connectivity index (χ0n) is 20.1. The van der Waals surface area contributed by atoms with Gasteiger partial charge in [0.25, 0.3) is 0 Å². The lowest BCUT2D eigenvalue weighted by Gasteiger charge is -2.36. The molecule has 0 N–H and O–H groups in total. The summed E-state index contributed by atoms with van der Waals surface area (Å²) in [6.07, 6.45) is 3.78. The van der Waals surface area contributed by atoms with Crippen molar-refractivity contribution in [1.82, 2.24) is 14.1 Å². The number of benzene rings is 3. The van der Waals surface area contributed by atoms with Crippen molar-refractivity contribution < 1.29 is 4.74 Å². The molecule has 0 fully saturated rings. The van der Waals surface area contributed by atoms with E-state index in [1.807, 2.05) is 54.9 Å². The van der Waals surface area contributed by atoms with Crippen LogP contribution < -0.4 is 10.2 Å². The maximum absolute atomic E-state index is 13.2. The number of fused-ring (bicyclic) bond motifs is 3. The molecular weight excluding hydrogens is 446 g/mol. The Bertz CT molecular complexity index is 1500. The fourth-order valence-corrected chi connectivity index (χ4v) is 5.27. The third kappa shape index (κ3) is 3.93. The van der Waals surface area contributed by atoms with Crippen molar-refractivity contribution >= 4 is 0 Å². The highest BCUT2D eigenvalue weighted by molar-refractivity contribution is 5.62. The van der Waals surface area contributed by atoms with Gasteiger partial charge in [-0.15, -0.1) is 0 Å². The summed E-state index contributed by atoms with van der Waals surface area (Å²) in [7, 11) is 0. The van der Waals surface area contributed by atoms with Gasteiger partial charge in [0.05, 0.1) is 6.04 Å². The van der Waals surface area contributed by atoms with E-state index >= 15 is 0 Å². The van der Waals surface area contributed by atoms with Crippen LogP contribution in [0.5, 0.6) is 5.75 Å². The van der Waals surface area contributed by atoms with Gasteiger partial charge in [-0.25, -0.2) is 4.98 Å². The van der Waals surface area contributed by atoms with Crippen LogP contribution in [0.3, 0.4) is 0 Å². The predicted molar refractivity (Wildman–Crippen MR) is 141 cm³/mol. The number of hydrogen-bond acceptors (Lipinski definition) is 3. The Morgan fingerprint density at radius 1 is 0.889 bits per heavy atom. The second kappa shape index (κ2) is 9.34. The first-order chi connectivity index (χ1) is 17.7. The van der Waals surface area contributed by atoms with Crippen molar-refractivity contribution in [2.24, 2.45) is 0 Å². The fraction of sp³-hybridized carbons (Fsp3) is 0.161. The van der Waals surface area contributed by atoms with Gasteiger partial charge in [0.15, 0.2) is 11.6 Å². The van der Waals surface area contributed by atoms with Crippen LogP contribution in [0.25, 0.3) is 11.5 Å². The Morgan fingerprint density at radius 3 is 2.14 bits per heavy atom. The van der Waals surface area contributed by atoms with Crippen molar-refractivity contribution in [2.75, 3.05) is 0 Å². The van der Waals surface area contributed by atoms with Crippen LogP contribution in [0.15, 0.2) is 114 Å². The molecule has 0 bridgehead atoms. The summed E-state index contributed by atoms with van der Waals surface area (Å²) in [5.74, 6) is 1.19. The van der Waals surface area contributed by atoms with E-state index < -0.39 is 0 Å². The summed E-state index contributed by atoms with van der Waals surface area (Å²) in [6.45, 7) is 3.12. The summed E-state index contributed by atoms with van der Waals surface area (Å²) in [5.41, 5.74) is 5.13. The summed E-state index contributed by atoms with van der Waals surface area (Å²) in [6, 6.07) is 32.7. The van der Waals surface area contributed by atoms with E-state index in [1.165, 1.54) is 11.1 Å². The second-order valence-corrected chi connectivity index (χ2v) is 9.24. The Balaban J connectivity index is 1.53. The third-order valence-electron chi connectivity index (χ3n) is 7.01. The fourth-order valence-electron chi connectivity index (χ4n) is 5.27. The van der Waals surface area contributed by atoms with Gasteiger partial charge in [-0.3, -0.25) is 4.79 Å². The maximum atomic E-state index is 13.2. The second-order valence-electron chi connectivity index (χ2n) is 9.24. The van der Waals surface area contributed by atoms with Crippen LogP contribution in [0.2, 0.25) is 0 Å². The third-order valence-corrected chi connectivity index (χ3v) is 7.01. The summed E-state index contributed by atoms with van der Waals surface area (Å²) in [4.78, 5) is 17.9. The molecule has 0 saturated carbocycles. The Labute approximate surface area is 210 Å². The first kappa shape index (κ1) is 22.1. The van der Waals surface area contributed by atoms with Crippen molar-refractivity contribution in [3.05, 3.63) is 142 Å². The van der Waals surface area contributed by atoms with E-state index in [2.05, 4.69) is 64.6 Å². The minimum absolute atomic E-state index is 0.0184. The number of imidazole rings is 1. The number of rotatable bonds is 6. The van der Waals surface area contributed by atoms with Gasteiger partial charge in [-0.2, -0.15) is 0 Å². The molecule has 3 heterocycles. The molecule has 2 aromatic heterocycles. The Kier molecular flexibility index (Phi) is 5.74. The highest BCUT2D eigenvalue weighted by atomic mass is 16.5. The molecule has 0 radical (unpaired) electrons. The van der Waals surface area contributed by atoms with E-state index in [0.717, 1.165) is 29.3 Å². The average molecular weight is 474 g/mol. The molecule has 5 heteroatoms. The monoisotopic (exact) mass is 473 g/mol. The smallest absolute Gasteiger partial charge is 0.224 e. The quantitative estimate of drug-likeness (QED) is 0.305. The lowest BCUT2D eigenvalue weighted by molar-refractivity contribution is 0.293. The number of ether oxygens (including phenoxy) is 1. The molecule has 1 aliphatic rings. The van der Waals surface area contributed by atoms with Crippen LogP contribution in [0.4, 0.5) is 0 Å². The molecule has 3 aromatic carbocycles. The molecule has 0 unspecified atom stereocenters. The highest BCUT2D eigenvalue weighted by Gasteiger charge is 2.35. The molecule has 178 valence electrons. The molecule has 5 nitrogen and oxygen atoms in total. The maximum Gasteiger partial charge on any atom is 0.224 e. The summed E-state index contributed by atoms with van der Waals surface area (Å²) < 4.78 is 10.7. The molecule has 1 aliphatic heterocycles. The van der Waals surface area contributed by atoms with Gasteiger partial charge < -0.3 is 13.9 Å². The van der Waals surface area contributed by atoms with Crippen LogP contribution in [0, 0.1) is 6.92 Å². The van der Waals surface area contributed by atoms with E-state index in [1.54, 1.807) is 6.07 Å².